The van der Waals surface area contributed by atoms with Crippen molar-refractivity contribution in [1.82, 2.24) is 10.2 Å². The van der Waals surface area contributed by atoms with E-state index < -0.39 is 6.04 Å². The first-order chi connectivity index (χ1) is 15.9. The Morgan fingerprint density at radius 1 is 0.970 bits per heavy atom. The summed E-state index contributed by atoms with van der Waals surface area (Å²) in [5, 5.41) is 3.25. The van der Waals surface area contributed by atoms with Crippen LogP contribution in [0.5, 0.6) is 5.75 Å². The Morgan fingerprint density at radius 2 is 1.61 bits per heavy atom. The normalized spacial score (nSPS) is 11.5. The van der Waals surface area contributed by atoms with Crippen LogP contribution < -0.4 is 10.1 Å². The summed E-state index contributed by atoms with van der Waals surface area (Å²) in [4.78, 5) is 27.9. The summed E-state index contributed by atoms with van der Waals surface area (Å²) < 4.78 is 5.84. The molecule has 0 aliphatic heterocycles. The second-order valence-corrected chi connectivity index (χ2v) is 8.45. The van der Waals surface area contributed by atoms with Crippen LogP contribution in [0.3, 0.4) is 0 Å². The molecule has 0 aliphatic rings. The molecule has 0 heterocycles. The van der Waals surface area contributed by atoms with Crippen LogP contribution in [0.15, 0.2) is 72.8 Å². The van der Waals surface area contributed by atoms with E-state index in [1.165, 1.54) is 0 Å². The van der Waals surface area contributed by atoms with Crippen LogP contribution in [-0.4, -0.2) is 36.4 Å². The number of halogens is 1. The minimum absolute atomic E-state index is 0.185. The number of likely N-dealkylation sites (N-methyl/N-ethyl adjacent to an activating group) is 1. The number of rotatable bonds is 9. The Bertz CT molecular complexity index is 1080. The molecule has 0 saturated carbocycles. The Kier molecular flexibility index (Phi) is 8.50. The van der Waals surface area contributed by atoms with Crippen molar-refractivity contribution in [3.63, 3.8) is 0 Å². The molecule has 1 atom stereocenters. The number of carbonyl (C=O) groups is 2. The summed E-state index contributed by atoms with van der Waals surface area (Å²) >= 11 is 6.39. The van der Waals surface area contributed by atoms with Crippen LogP contribution in [0, 0.1) is 13.8 Å². The van der Waals surface area contributed by atoms with Gasteiger partial charge in [-0.3, -0.25) is 9.59 Å². The van der Waals surface area contributed by atoms with Gasteiger partial charge in [-0.1, -0.05) is 66.2 Å². The quantitative estimate of drug-likeness (QED) is 0.498. The predicted octanol–water partition coefficient (Wildman–Crippen LogP) is 4.72. The van der Waals surface area contributed by atoms with Gasteiger partial charge in [0.05, 0.1) is 0 Å². The molecule has 0 unspecified atom stereocenters. The van der Waals surface area contributed by atoms with Gasteiger partial charge in [-0.05, 0) is 54.3 Å². The minimum atomic E-state index is -0.719. The maximum absolute atomic E-state index is 13.4. The molecule has 0 fully saturated rings. The maximum atomic E-state index is 13.4. The van der Waals surface area contributed by atoms with Gasteiger partial charge >= 0.3 is 0 Å². The van der Waals surface area contributed by atoms with Gasteiger partial charge in [-0.2, -0.15) is 0 Å². The molecule has 172 valence electrons. The molecule has 3 rings (SSSR count). The SMILES string of the molecule is CNC(=O)[C@H](Cc1ccccc1)N(Cc1ccccc1Cl)C(=O)COc1cc(C)cc(C)c1. The maximum Gasteiger partial charge on any atom is 0.261 e. The Balaban J connectivity index is 1.89. The molecular formula is C27H29ClN2O3. The lowest BCUT2D eigenvalue weighted by Crippen LogP contribution is -2.51. The van der Waals surface area contributed by atoms with Gasteiger partial charge < -0.3 is 15.0 Å². The van der Waals surface area contributed by atoms with Gasteiger partial charge in [0.15, 0.2) is 6.61 Å². The van der Waals surface area contributed by atoms with E-state index in [2.05, 4.69) is 5.32 Å². The molecule has 0 bridgehead atoms. The summed E-state index contributed by atoms with van der Waals surface area (Å²) in [5.74, 6) is 0.0855. The fourth-order valence-electron chi connectivity index (χ4n) is 3.77. The van der Waals surface area contributed by atoms with E-state index >= 15 is 0 Å². The third-order valence-corrected chi connectivity index (χ3v) is 5.74. The highest BCUT2D eigenvalue weighted by Crippen LogP contribution is 2.21. The summed E-state index contributed by atoms with van der Waals surface area (Å²) in [6.45, 7) is 3.97. The number of hydrogen-bond donors (Lipinski definition) is 1. The molecule has 2 amide bonds. The molecule has 6 heteroatoms. The number of nitrogens with one attached hydrogen (secondary N) is 1. The number of carbonyl (C=O) groups excluding carboxylic acids is 2. The van der Waals surface area contributed by atoms with Crippen LogP contribution in [0.4, 0.5) is 0 Å². The van der Waals surface area contributed by atoms with Crippen molar-refractivity contribution in [3.05, 3.63) is 100 Å². The highest BCUT2D eigenvalue weighted by molar-refractivity contribution is 6.31. The van der Waals surface area contributed by atoms with Crippen molar-refractivity contribution >= 4 is 23.4 Å². The van der Waals surface area contributed by atoms with Gasteiger partial charge in [-0.25, -0.2) is 0 Å². The number of amides is 2. The molecule has 5 nitrogen and oxygen atoms in total. The van der Waals surface area contributed by atoms with Gasteiger partial charge in [-0.15, -0.1) is 0 Å². The lowest BCUT2D eigenvalue weighted by molar-refractivity contribution is -0.142. The number of ether oxygens (including phenoxy) is 1. The van der Waals surface area contributed by atoms with Gasteiger partial charge in [0.25, 0.3) is 5.91 Å². The van der Waals surface area contributed by atoms with Gasteiger partial charge in [0.2, 0.25) is 5.91 Å². The first-order valence-electron chi connectivity index (χ1n) is 10.9. The summed E-state index contributed by atoms with van der Waals surface area (Å²) in [6, 6.07) is 22.1. The second kappa shape index (κ2) is 11.5. The van der Waals surface area contributed by atoms with E-state index in [1.807, 2.05) is 80.6 Å². The number of benzene rings is 3. The lowest BCUT2D eigenvalue weighted by Gasteiger charge is -2.31. The van der Waals surface area contributed by atoms with E-state index in [-0.39, 0.29) is 25.0 Å². The van der Waals surface area contributed by atoms with Crippen molar-refractivity contribution in [1.29, 1.82) is 0 Å². The van der Waals surface area contributed by atoms with Crippen LogP contribution >= 0.6 is 11.6 Å². The van der Waals surface area contributed by atoms with Crippen molar-refractivity contribution in [2.45, 2.75) is 32.9 Å². The first kappa shape index (κ1) is 24.3. The molecule has 0 radical (unpaired) electrons. The van der Waals surface area contributed by atoms with Crippen molar-refractivity contribution in [2.75, 3.05) is 13.7 Å². The Hall–Kier alpha value is -3.31. The highest BCUT2D eigenvalue weighted by atomic mass is 35.5. The Labute approximate surface area is 200 Å². The lowest BCUT2D eigenvalue weighted by atomic mass is 10.0. The molecular weight excluding hydrogens is 436 g/mol. The fourth-order valence-corrected chi connectivity index (χ4v) is 3.97. The van der Waals surface area contributed by atoms with Crippen molar-refractivity contribution in [3.8, 4) is 5.75 Å². The largest absolute Gasteiger partial charge is 0.484 e. The standard InChI is InChI=1S/C27H29ClN2O3/c1-19-13-20(2)15-23(14-19)33-18-26(31)30(17-22-11-7-8-12-24(22)28)25(27(32)29-3)16-21-9-5-4-6-10-21/h4-15,25H,16-18H2,1-3H3,(H,29,32)/t25-/m0/s1. The Morgan fingerprint density at radius 3 is 2.24 bits per heavy atom. The zero-order valence-electron chi connectivity index (χ0n) is 19.2. The van der Waals surface area contributed by atoms with Gasteiger partial charge in [0, 0.05) is 25.0 Å². The van der Waals surface area contributed by atoms with E-state index in [0.717, 1.165) is 22.3 Å². The van der Waals surface area contributed by atoms with Crippen molar-refractivity contribution in [2.24, 2.45) is 0 Å². The number of aryl methyl sites for hydroxylation is 2. The average Bonchev–Trinajstić information content (AvgIpc) is 2.80. The third kappa shape index (κ3) is 6.83. The molecule has 0 saturated heterocycles. The van der Waals surface area contributed by atoms with Crippen LogP contribution in [0.1, 0.15) is 22.3 Å². The molecule has 0 aromatic heterocycles. The predicted molar refractivity (Wildman–Crippen MR) is 131 cm³/mol. The molecule has 33 heavy (non-hydrogen) atoms. The fraction of sp³-hybridized carbons (Fsp3) is 0.259. The minimum Gasteiger partial charge on any atom is -0.484 e. The number of nitrogens with zero attached hydrogens (tertiary/aromatic N) is 1. The molecule has 3 aromatic rings. The molecule has 0 spiro atoms. The monoisotopic (exact) mass is 464 g/mol. The summed E-state index contributed by atoms with van der Waals surface area (Å²) in [5.41, 5.74) is 3.83. The second-order valence-electron chi connectivity index (χ2n) is 8.04. The zero-order valence-corrected chi connectivity index (χ0v) is 19.9. The highest BCUT2D eigenvalue weighted by Gasteiger charge is 2.30. The van der Waals surface area contributed by atoms with E-state index in [4.69, 9.17) is 16.3 Å². The summed E-state index contributed by atoms with van der Waals surface area (Å²) in [7, 11) is 1.57. The summed E-state index contributed by atoms with van der Waals surface area (Å²) in [6.07, 6.45) is 0.375. The first-order valence-corrected chi connectivity index (χ1v) is 11.2. The molecule has 0 aliphatic carbocycles. The van der Waals surface area contributed by atoms with Crippen molar-refractivity contribution < 1.29 is 14.3 Å². The zero-order chi connectivity index (χ0) is 23.8. The van der Waals surface area contributed by atoms with E-state index in [9.17, 15) is 9.59 Å². The smallest absolute Gasteiger partial charge is 0.261 e. The van der Waals surface area contributed by atoms with Crippen LogP contribution in [0.25, 0.3) is 0 Å². The third-order valence-electron chi connectivity index (χ3n) is 5.37. The van der Waals surface area contributed by atoms with Gasteiger partial charge in [0.1, 0.15) is 11.8 Å². The molecule has 1 N–H and O–H groups in total. The van der Waals surface area contributed by atoms with E-state index in [0.29, 0.717) is 17.2 Å². The molecule has 3 aromatic carbocycles. The van der Waals surface area contributed by atoms with Crippen LogP contribution in [-0.2, 0) is 22.6 Å². The topological polar surface area (TPSA) is 58.6 Å². The average molecular weight is 465 g/mol. The van der Waals surface area contributed by atoms with E-state index in [1.54, 1.807) is 18.0 Å². The number of hydrogen-bond acceptors (Lipinski definition) is 3. The van der Waals surface area contributed by atoms with Crippen LogP contribution in [0.2, 0.25) is 5.02 Å².